The summed E-state index contributed by atoms with van der Waals surface area (Å²) in [5, 5.41) is 14.0. The van der Waals surface area contributed by atoms with E-state index in [1.54, 1.807) is 7.11 Å². The number of hydrogen-bond acceptors (Lipinski definition) is 5. The van der Waals surface area contributed by atoms with Gasteiger partial charge in [0.05, 0.1) is 18.7 Å². The molecular weight excluding hydrogens is 356 g/mol. The van der Waals surface area contributed by atoms with Crippen molar-refractivity contribution < 1.29 is 14.6 Å². The zero-order valence-electron chi connectivity index (χ0n) is 16.3. The highest BCUT2D eigenvalue weighted by molar-refractivity contribution is 5.81. The topological polar surface area (TPSA) is 80.0 Å². The first kappa shape index (κ1) is 18.3. The van der Waals surface area contributed by atoms with Crippen molar-refractivity contribution >= 4 is 17.4 Å². The molecule has 0 amide bonds. The Kier molecular flexibility index (Phi) is 4.66. The molecule has 1 N–H and O–H groups in total. The first-order valence-electron chi connectivity index (χ1n) is 9.47. The molecule has 0 saturated carbocycles. The van der Waals surface area contributed by atoms with Crippen LogP contribution < -0.4 is 9.64 Å². The van der Waals surface area contributed by atoms with Gasteiger partial charge in [-0.05, 0) is 44.4 Å². The predicted octanol–water partition coefficient (Wildman–Crippen LogP) is 3.32. The number of benzene rings is 1. The van der Waals surface area contributed by atoms with E-state index in [1.807, 2.05) is 48.7 Å². The second-order valence-corrected chi connectivity index (χ2v) is 7.28. The number of aryl methyl sites for hydroxylation is 2. The van der Waals surface area contributed by atoms with Crippen molar-refractivity contribution in [2.75, 3.05) is 25.1 Å². The molecule has 1 aromatic carbocycles. The van der Waals surface area contributed by atoms with E-state index in [-0.39, 0.29) is 5.92 Å². The lowest BCUT2D eigenvalue weighted by atomic mass is 9.97. The molecule has 7 heteroatoms. The van der Waals surface area contributed by atoms with E-state index >= 15 is 0 Å². The van der Waals surface area contributed by atoms with Crippen LogP contribution >= 0.6 is 0 Å². The number of carboxylic acid groups (broad SMARTS) is 1. The summed E-state index contributed by atoms with van der Waals surface area (Å²) in [7, 11) is 1.66. The van der Waals surface area contributed by atoms with E-state index in [0.29, 0.717) is 25.9 Å². The zero-order valence-corrected chi connectivity index (χ0v) is 16.3. The Morgan fingerprint density at radius 1 is 1.21 bits per heavy atom. The van der Waals surface area contributed by atoms with E-state index < -0.39 is 5.97 Å². The zero-order chi connectivity index (χ0) is 19.8. The lowest BCUT2D eigenvalue weighted by Crippen LogP contribution is -2.37. The third-order valence-corrected chi connectivity index (χ3v) is 5.40. The van der Waals surface area contributed by atoms with Crippen LogP contribution in [0.4, 0.5) is 5.82 Å². The number of carboxylic acids is 1. The van der Waals surface area contributed by atoms with Crippen molar-refractivity contribution in [3.05, 3.63) is 41.7 Å². The maximum atomic E-state index is 11.3. The molecular formula is C21H24N4O3. The molecule has 7 nitrogen and oxygen atoms in total. The van der Waals surface area contributed by atoms with Gasteiger partial charge in [-0.2, -0.15) is 9.61 Å². The maximum Gasteiger partial charge on any atom is 0.306 e. The van der Waals surface area contributed by atoms with Gasteiger partial charge in [0, 0.05) is 30.4 Å². The lowest BCUT2D eigenvalue weighted by molar-refractivity contribution is -0.142. The van der Waals surface area contributed by atoms with Crippen molar-refractivity contribution in [1.29, 1.82) is 0 Å². The fourth-order valence-corrected chi connectivity index (χ4v) is 3.92. The number of aliphatic carboxylic acids is 1. The van der Waals surface area contributed by atoms with Crippen LogP contribution in [0.3, 0.4) is 0 Å². The van der Waals surface area contributed by atoms with Crippen molar-refractivity contribution in [2.24, 2.45) is 5.92 Å². The molecule has 0 atom stereocenters. The van der Waals surface area contributed by atoms with E-state index in [0.717, 1.165) is 39.7 Å². The second kappa shape index (κ2) is 7.14. The van der Waals surface area contributed by atoms with Crippen LogP contribution in [0.5, 0.6) is 5.75 Å². The maximum absolute atomic E-state index is 11.3. The highest BCUT2D eigenvalue weighted by Gasteiger charge is 2.27. The minimum Gasteiger partial charge on any atom is -0.497 e. The molecule has 146 valence electrons. The SMILES string of the molecule is COc1cccc(-c2c(C)nn3c(N4CCC(C(=O)O)CC4)cc(C)nc23)c1. The minimum absolute atomic E-state index is 0.263. The van der Waals surface area contributed by atoms with Crippen LogP contribution in [0.2, 0.25) is 0 Å². The molecule has 4 rings (SSSR count). The van der Waals surface area contributed by atoms with E-state index in [2.05, 4.69) is 4.90 Å². The molecule has 1 aliphatic heterocycles. The van der Waals surface area contributed by atoms with Crippen molar-refractivity contribution in [3.8, 4) is 16.9 Å². The third kappa shape index (κ3) is 3.17. The summed E-state index contributed by atoms with van der Waals surface area (Å²) in [4.78, 5) is 18.2. The van der Waals surface area contributed by atoms with Gasteiger partial charge in [0.1, 0.15) is 11.6 Å². The van der Waals surface area contributed by atoms with E-state index in [9.17, 15) is 9.90 Å². The first-order valence-corrected chi connectivity index (χ1v) is 9.47. The third-order valence-electron chi connectivity index (χ3n) is 5.40. The molecule has 0 bridgehead atoms. The lowest BCUT2D eigenvalue weighted by Gasteiger charge is -2.32. The Morgan fingerprint density at radius 3 is 2.64 bits per heavy atom. The van der Waals surface area contributed by atoms with Gasteiger partial charge in [0.2, 0.25) is 0 Å². The number of fused-ring (bicyclic) bond motifs is 1. The van der Waals surface area contributed by atoms with Crippen LogP contribution in [0.15, 0.2) is 30.3 Å². The molecule has 3 heterocycles. The first-order chi connectivity index (χ1) is 13.5. The van der Waals surface area contributed by atoms with Gasteiger partial charge < -0.3 is 14.7 Å². The molecule has 0 unspecified atom stereocenters. The van der Waals surface area contributed by atoms with Gasteiger partial charge in [0.15, 0.2) is 5.65 Å². The number of aromatic nitrogens is 3. The molecule has 1 aliphatic rings. The minimum atomic E-state index is -0.703. The number of carbonyl (C=O) groups is 1. The van der Waals surface area contributed by atoms with Crippen molar-refractivity contribution in [3.63, 3.8) is 0 Å². The summed E-state index contributed by atoms with van der Waals surface area (Å²) in [5.41, 5.74) is 4.62. The van der Waals surface area contributed by atoms with Gasteiger partial charge in [-0.1, -0.05) is 12.1 Å². The number of anilines is 1. The molecule has 1 saturated heterocycles. The Hall–Kier alpha value is -3.09. The summed E-state index contributed by atoms with van der Waals surface area (Å²) in [6.45, 7) is 5.36. The van der Waals surface area contributed by atoms with Gasteiger partial charge in [-0.3, -0.25) is 4.79 Å². The quantitative estimate of drug-likeness (QED) is 0.748. The fourth-order valence-electron chi connectivity index (χ4n) is 3.92. The number of rotatable bonds is 4. The summed E-state index contributed by atoms with van der Waals surface area (Å²) in [6, 6.07) is 9.93. The monoisotopic (exact) mass is 380 g/mol. The Labute approximate surface area is 163 Å². The summed E-state index contributed by atoms with van der Waals surface area (Å²) < 4.78 is 7.26. The van der Waals surface area contributed by atoms with Gasteiger partial charge in [0.25, 0.3) is 0 Å². The normalized spacial score (nSPS) is 15.2. The Bertz CT molecular complexity index is 1040. The predicted molar refractivity (Wildman–Crippen MR) is 107 cm³/mol. The molecule has 28 heavy (non-hydrogen) atoms. The summed E-state index contributed by atoms with van der Waals surface area (Å²) in [6.07, 6.45) is 1.28. The molecule has 0 radical (unpaired) electrons. The van der Waals surface area contributed by atoms with Crippen molar-refractivity contribution in [1.82, 2.24) is 14.6 Å². The molecule has 0 spiro atoms. The van der Waals surface area contributed by atoms with Crippen LogP contribution in [0.25, 0.3) is 16.8 Å². The second-order valence-electron chi connectivity index (χ2n) is 7.28. The average Bonchev–Trinajstić information content (AvgIpc) is 3.03. The number of ether oxygens (including phenoxy) is 1. The number of methoxy groups -OCH3 is 1. The summed E-state index contributed by atoms with van der Waals surface area (Å²) in [5.74, 6) is 0.788. The standard InChI is InChI=1S/C21H24N4O3/c1-13-11-18(24-9-7-15(8-10-24)21(26)27)25-20(22-13)19(14(2)23-25)16-5-4-6-17(12-16)28-3/h4-6,11-12,15H,7-10H2,1-3H3,(H,26,27). The number of piperidine rings is 1. The van der Waals surface area contributed by atoms with E-state index in [1.165, 1.54) is 0 Å². The van der Waals surface area contributed by atoms with Gasteiger partial charge in [-0.25, -0.2) is 4.98 Å². The fraction of sp³-hybridized carbons (Fsp3) is 0.381. The highest BCUT2D eigenvalue weighted by atomic mass is 16.5. The average molecular weight is 380 g/mol. The van der Waals surface area contributed by atoms with Crippen LogP contribution in [0, 0.1) is 19.8 Å². The smallest absolute Gasteiger partial charge is 0.306 e. The van der Waals surface area contributed by atoms with Crippen molar-refractivity contribution in [2.45, 2.75) is 26.7 Å². The molecule has 1 fully saturated rings. The van der Waals surface area contributed by atoms with Crippen LogP contribution in [0.1, 0.15) is 24.2 Å². The molecule has 0 aliphatic carbocycles. The summed E-state index contributed by atoms with van der Waals surface area (Å²) >= 11 is 0. The highest BCUT2D eigenvalue weighted by Crippen LogP contribution is 2.33. The Balaban J connectivity index is 1.79. The van der Waals surface area contributed by atoms with Gasteiger partial charge in [-0.15, -0.1) is 0 Å². The largest absolute Gasteiger partial charge is 0.497 e. The van der Waals surface area contributed by atoms with Crippen LogP contribution in [-0.4, -0.2) is 45.9 Å². The van der Waals surface area contributed by atoms with Crippen LogP contribution in [-0.2, 0) is 4.79 Å². The number of hydrogen-bond donors (Lipinski definition) is 1. The van der Waals surface area contributed by atoms with E-state index in [4.69, 9.17) is 14.8 Å². The molecule has 2 aromatic heterocycles. The molecule has 3 aromatic rings. The number of nitrogens with zero attached hydrogens (tertiary/aromatic N) is 4. The Morgan fingerprint density at radius 2 is 1.96 bits per heavy atom. The van der Waals surface area contributed by atoms with Gasteiger partial charge >= 0.3 is 5.97 Å².